The molecule has 5 N–H and O–H groups in total. The van der Waals surface area contributed by atoms with Gasteiger partial charge in [0.05, 0.1) is 158 Å². The number of alkyl halides is 4. The number of aromatic hydroxyl groups is 2. The van der Waals surface area contributed by atoms with Crippen LogP contribution in [0.15, 0.2) is 220 Å². The molecule has 0 bridgehead atoms. The van der Waals surface area contributed by atoms with E-state index in [1.165, 1.54) is 0 Å². The summed E-state index contributed by atoms with van der Waals surface area (Å²) in [5.74, 6) is -1.45. The lowest BCUT2D eigenvalue weighted by Gasteiger charge is -2.32. The number of halogens is 4. The molecule has 8 heterocycles. The highest BCUT2D eigenvalue weighted by molar-refractivity contribution is 5.87. The van der Waals surface area contributed by atoms with Crippen molar-refractivity contribution >= 4 is 89.6 Å². The average Bonchev–Trinajstić information content (AvgIpc) is 1.06. The van der Waals surface area contributed by atoms with E-state index in [1.807, 2.05) is 222 Å². The van der Waals surface area contributed by atoms with Crippen LogP contribution in [0, 0.1) is 0 Å². The first-order chi connectivity index (χ1) is 66.2. The minimum absolute atomic E-state index is 0. The monoisotopic (exact) mass is 1910 g/mol. The van der Waals surface area contributed by atoms with E-state index in [9.17, 15) is 27.8 Å². The third-order valence-electron chi connectivity index (χ3n) is 21.6. The van der Waals surface area contributed by atoms with E-state index in [-0.39, 0.29) is 31.5 Å². The Morgan fingerprint density at radius 1 is 0.364 bits per heavy atom. The molecule has 0 amide bonds. The molecule has 0 fully saturated rings. The fourth-order valence-corrected chi connectivity index (χ4v) is 15.4. The molecule has 35 heteroatoms. The summed E-state index contributed by atoms with van der Waals surface area (Å²) in [6.07, 6.45) is 23.2. The van der Waals surface area contributed by atoms with Crippen molar-refractivity contribution in [2.45, 2.75) is 138 Å². The second-order valence-electron chi connectivity index (χ2n) is 36.3. The molecule has 0 aliphatic heterocycles. The van der Waals surface area contributed by atoms with Crippen molar-refractivity contribution < 1.29 is 56.2 Å². The van der Waals surface area contributed by atoms with Crippen molar-refractivity contribution in [2.24, 2.45) is 28.2 Å². The van der Waals surface area contributed by atoms with E-state index in [2.05, 4.69) is 91.8 Å². The van der Waals surface area contributed by atoms with E-state index < -0.39 is 29.6 Å². The maximum absolute atomic E-state index is 13.4. The fraction of sp³-hybridized carbons (Fsp3) is 0.352. The van der Waals surface area contributed by atoms with Crippen molar-refractivity contribution in [3.8, 4) is 91.0 Å². The van der Waals surface area contributed by atoms with Gasteiger partial charge in [-0.25, -0.2) is 37.5 Å². The number of aryl methyl sites for hydroxylation is 4. The largest absolute Gasteiger partial charge is 0.508 e. The molecule has 16 aromatic rings. The number of anilines is 8. The normalized spacial score (nSPS) is 11.8. The van der Waals surface area contributed by atoms with Gasteiger partial charge in [0.2, 0.25) is 0 Å². The van der Waals surface area contributed by atoms with E-state index in [0.717, 1.165) is 157 Å². The molecule has 1 atom stereocenters. The molecule has 738 valence electrons. The van der Waals surface area contributed by atoms with E-state index in [1.54, 1.807) is 127 Å². The summed E-state index contributed by atoms with van der Waals surface area (Å²) in [6.45, 7) is 24.9. The number of fused-ring (bicyclic) bond motifs is 4. The summed E-state index contributed by atoms with van der Waals surface area (Å²) < 4.78 is 94.8. The Hall–Kier alpha value is -14.8. The zero-order chi connectivity index (χ0) is 99.6. The highest BCUT2D eigenvalue weighted by Crippen LogP contribution is 2.42. The molecule has 0 radical (unpaired) electrons. The third kappa shape index (κ3) is 28.9. The van der Waals surface area contributed by atoms with Gasteiger partial charge in [0, 0.05) is 252 Å². The van der Waals surface area contributed by atoms with Gasteiger partial charge < -0.3 is 74.2 Å². The fourth-order valence-electron chi connectivity index (χ4n) is 15.4. The van der Waals surface area contributed by atoms with Crippen LogP contribution < -0.4 is 64.0 Å². The summed E-state index contributed by atoms with van der Waals surface area (Å²) in [5.41, 5.74) is 18.9. The van der Waals surface area contributed by atoms with Crippen molar-refractivity contribution in [3.63, 3.8) is 0 Å². The Kier molecular flexibility index (Phi) is 34.3. The number of phenols is 2. The van der Waals surface area contributed by atoms with Gasteiger partial charge in [-0.05, 0) is 141 Å². The third-order valence-corrected chi connectivity index (χ3v) is 21.6. The standard InChI is InChI=1S/C32H42F2N6O2.C26H30F2N6O2.C24H28N6O2.C22H23N5O2.CH4/c1-30(2,3)41-25-14-24(15-26(17-25)42-31(4,5)6)40(13-9-12-35-21-32(7,33)34)23-10-11-27-28(16-23)38-29(19-36-27)22-18-37-39(8)20-22;1-17(12-29-16-26(2,27)28)34(20-8-21(35-4)11-22(9-20)36-5)19-6-7-23-24(10-19)32-25(14-30-23)18-13-31-33(3)15-18;1-16(2)25-7-8-30(19-9-20(31)12-21(10-19)32-4)18-5-6-22-23(11-18)28-24(14-26-22)17-13-27-29(3)15-17;1-4-7-27(17-8-18(28)11-19(9-17)29-3)16-5-6-20-21(10-16)25-22(13-23-20)15-12-24-26(2)14-15;/h10-11,14-20,35H,9,12-13,21H2,1-8H3;6-11,13-15,17,29H,12,16H2,1-5H3;5-6,9-16,25,31H,7-8H2,1-4H3;5-6,8-14,28H,4,7H2,1-3H3;1H4. The van der Waals surface area contributed by atoms with Gasteiger partial charge in [0.25, 0.3) is 11.8 Å². The average molecular weight is 1920 g/mol. The van der Waals surface area contributed by atoms with Gasteiger partial charge in [-0.3, -0.25) is 38.7 Å². The molecule has 8 aromatic heterocycles. The number of rotatable bonds is 35. The summed E-state index contributed by atoms with van der Waals surface area (Å²) in [4.78, 5) is 46.1. The molecule has 0 spiro atoms. The second-order valence-corrected chi connectivity index (χ2v) is 36.3. The van der Waals surface area contributed by atoms with Crippen LogP contribution in [-0.4, -0.2) is 205 Å². The zero-order valence-electron chi connectivity index (χ0n) is 82.3. The number of nitrogens with zero attached hydrogens (tertiary/aromatic N) is 20. The highest BCUT2D eigenvalue weighted by atomic mass is 19.3. The number of methoxy groups -OCH3 is 4. The van der Waals surface area contributed by atoms with Crippen LogP contribution >= 0.6 is 0 Å². The number of nitrogens with one attached hydrogen (secondary N) is 3. The molecule has 0 saturated carbocycles. The molecule has 0 aliphatic carbocycles. The molecule has 31 nitrogen and oxygen atoms in total. The maximum atomic E-state index is 13.4. The summed E-state index contributed by atoms with van der Waals surface area (Å²) >= 11 is 0. The molecule has 8 aromatic carbocycles. The van der Waals surface area contributed by atoms with Crippen molar-refractivity contribution in [1.29, 1.82) is 0 Å². The van der Waals surface area contributed by atoms with Gasteiger partial charge in [0.15, 0.2) is 0 Å². The Balaban J connectivity index is 0.000000168. The van der Waals surface area contributed by atoms with Crippen LogP contribution in [-0.2, 0) is 28.2 Å². The maximum Gasteiger partial charge on any atom is 0.257 e. The molecular formula is C105H127F4N23O8. The van der Waals surface area contributed by atoms with Gasteiger partial charge >= 0.3 is 0 Å². The van der Waals surface area contributed by atoms with Gasteiger partial charge in [-0.2, -0.15) is 20.4 Å². The van der Waals surface area contributed by atoms with Crippen LogP contribution in [0.3, 0.4) is 0 Å². The topological polar surface area (TPSA) is 319 Å². The quantitative estimate of drug-likeness (QED) is 0.0182. The molecule has 16 rings (SSSR count). The molecule has 140 heavy (non-hydrogen) atoms. The van der Waals surface area contributed by atoms with E-state index >= 15 is 0 Å². The summed E-state index contributed by atoms with van der Waals surface area (Å²) in [5, 5.41) is 46.4. The lowest BCUT2D eigenvalue weighted by molar-refractivity contribution is 0.0221. The van der Waals surface area contributed by atoms with Crippen molar-refractivity contribution in [3.05, 3.63) is 220 Å². The number of aromatic nitrogens is 16. The van der Waals surface area contributed by atoms with Crippen LogP contribution in [0.25, 0.3) is 89.2 Å². The number of hydrogen-bond acceptors (Lipinski definition) is 27. The lowest BCUT2D eigenvalue weighted by Crippen LogP contribution is -2.41. The van der Waals surface area contributed by atoms with Gasteiger partial charge in [-0.1, -0.05) is 28.2 Å². The first-order valence-electron chi connectivity index (χ1n) is 45.8. The lowest BCUT2D eigenvalue weighted by atomic mass is 10.1. The van der Waals surface area contributed by atoms with Crippen LogP contribution in [0.4, 0.5) is 63.1 Å². The van der Waals surface area contributed by atoms with Crippen molar-refractivity contribution in [2.75, 3.05) is 100 Å². The van der Waals surface area contributed by atoms with Gasteiger partial charge in [-0.15, -0.1) is 0 Å². The summed E-state index contributed by atoms with van der Waals surface area (Å²) in [7, 11) is 13.8. The van der Waals surface area contributed by atoms with Gasteiger partial charge in [0.1, 0.15) is 57.2 Å². The molecule has 0 saturated heterocycles. The molecular weight excluding hydrogens is 1790 g/mol. The minimum Gasteiger partial charge on any atom is -0.508 e. The van der Waals surface area contributed by atoms with Crippen LogP contribution in [0.5, 0.6) is 46.0 Å². The Morgan fingerprint density at radius 2 is 0.686 bits per heavy atom. The van der Waals surface area contributed by atoms with Crippen molar-refractivity contribution in [1.82, 2.24) is 94.9 Å². The highest BCUT2D eigenvalue weighted by Gasteiger charge is 2.28. The smallest absolute Gasteiger partial charge is 0.257 e. The minimum atomic E-state index is -2.80. The Morgan fingerprint density at radius 3 is 1.03 bits per heavy atom. The van der Waals surface area contributed by atoms with E-state index in [0.29, 0.717) is 84.3 Å². The Bertz CT molecular complexity index is 6770. The number of benzene rings is 8. The molecule has 0 aliphatic rings. The number of phenolic OH excluding ortho intramolecular Hbond substituents is 2. The molecule has 1 unspecified atom stereocenters. The number of ether oxygens (including phenoxy) is 6. The summed E-state index contributed by atoms with van der Waals surface area (Å²) in [6, 6.07) is 45.8. The van der Waals surface area contributed by atoms with E-state index in [4.69, 9.17) is 48.4 Å². The predicted octanol–water partition coefficient (Wildman–Crippen LogP) is 20.8. The first kappa shape index (κ1) is 104. The van der Waals surface area contributed by atoms with Crippen LogP contribution in [0.1, 0.15) is 103 Å². The predicted molar refractivity (Wildman–Crippen MR) is 547 cm³/mol. The second kappa shape index (κ2) is 46.1. The Labute approximate surface area is 814 Å². The SMILES string of the molecule is C.CCCN(c1cc(O)cc(OC)c1)c1ccc2ncc(-c3cnn(C)c3)nc2c1.COc1cc(O)cc(N(CCNC(C)C)c2ccc3ncc(-c4cnn(C)c4)nc3c2)c1.COc1cc(OC)cc(N(c2ccc3ncc(-c4cnn(C)c4)nc3c2)C(C)CNCC(C)(F)F)c1.Cn1cc(-c2cnc3ccc(N(CCCNCC(C)(F)F)c4cc(OC(C)(C)C)cc(OC(C)(C)C)c4)cc3n2)cn1. The zero-order valence-corrected chi connectivity index (χ0v) is 82.3. The first-order valence-corrected chi connectivity index (χ1v) is 45.8. The number of hydrogen-bond donors (Lipinski definition) is 5. The van der Waals surface area contributed by atoms with Crippen LogP contribution in [0.2, 0.25) is 0 Å².